The number of aliphatic hydroxyl groups excluding tert-OH is 1. The van der Waals surface area contributed by atoms with Gasteiger partial charge in [-0.15, -0.1) is 11.8 Å². The second-order valence-electron chi connectivity index (χ2n) is 6.63. The van der Waals surface area contributed by atoms with Crippen LogP contribution in [0.5, 0.6) is 0 Å². The van der Waals surface area contributed by atoms with E-state index in [1.165, 1.54) is 16.0 Å². The highest BCUT2D eigenvalue weighted by Crippen LogP contribution is 2.40. The van der Waals surface area contributed by atoms with Crippen LogP contribution >= 0.6 is 11.8 Å². The Balaban J connectivity index is 1.95. The molecule has 3 rings (SSSR count). The molecular formula is C21H27NOS. The third-order valence-electron chi connectivity index (χ3n) is 5.06. The topological polar surface area (TPSA) is 32.3 Å². The predicted octanol–water partition coefficient (Wildman–Crippen LogP) is 4.78. The molecular weight excluding hydrogens is 314 g/mol. The lowest BCUT2D eigenvalue weighted by atomic mass is 9.88. The van der Waals surface area contributed by atoms with E-state index < -0.39 is 0 Å². The third-order valence-corrected chi connectivity index (χ3v) is 6.44. The summed E-state index contributed by atoms with van der Waals surface area (Å²) in [4.78, 5) is 1.39. The lowest BCUT2D eigenvalue weighted by Gasteiger charge is -2.36. The van der Waals surface area contributed by atoms with Gasteiger partial charge >= 0.3 is 0 Å². The molecule has 0 bridgehead atoms. The molecule has 24 heavy (non-hydrogen) atoms. The van der Waals surface area contributed by atoms with Crippen molar-refractivity contribution in [1.82, 2.24) is 5.32 Å². The van der Waals surface area contributed by atoms with Crippen LogP contribution in [0.2, 0.25) is 0 Å². The van der Waals surface area contributed by atoms with E-state index in [2.05, 4.69) is 66.8 Å². The van der Waals surface area contributed by atoms with Gasteiger partial charge in [-0.05, 0) is 42.9 Å². The lowest BCUT2D eigenvalue weighted by Crippen LogP contribution is -2.48. The van der Waals surface area contributed by atoms with Crippen LogP contribution in [0.3, 0.4) is 0 Å². The Morgan fingerprint density at radius 1 is 1.08 bits per heavy atom. The molecule has 0 fully saturated rings. The van der Waals surface area contributed by atoms with Gasteiger partial charge in [0.1, 0.15) is 0 Å². The molecule has 2 aromatic carbocycles. The number of unbranched alkanes of at least 4 members (excludes halogenated alkanes) is 1. The van der Waals surface area contributed by atoms with E-state index in [0.717, 1.165) is 31.4 Å². The molecule has 0 spiro atoms. The van der Waals surface area contributed by atoms with E-state index in [0.29, 0.717) is 0 Å². The molecule has 1 aliphatic rings. The average molecular weight is 342 g/mol. The first kappa shape index (κ1) is 17.5. The van der Waals surface area contributed by atoms with Crippen molar-refractivity contribution >= 4 is 11.8 Å². The van der Waals surface area contributed by atoms with E-state index in [4.69, 9.17) is 5.11 Å². The van der Waals surface area contributed by atoms with Crippen LogP contribution in [0, 0.1) is 0 Å². The smallest absolute Gasteiger partial charge is 0.0592 e. The summed E-state index contributed by atoms with van der Waals surface area (Å²) < 4.78 is 0. The fourth-order valence-corrected chi connectivity index (χ4v) is 4.89. The monoisotopic (exact) mass is 341 g/mol. The Morgan fingerprint density at radius 3 is 2.58 bits per heavy atom. The third kappa shape index (κ3) is 3.85. The maximum absolute atomic E-state index is 9.15. The molecule has 0 saturated carbocycles. The van der Waals surface area contributed by atoms with Crippen LogP contribution in [0.25, 0.3) is 0 Å². The van der Waals surface area contributed by atoms with Crippen LogP contribution < -0.4 is 5.32 Å². The average Bonchev–Trinajstić information content (AvgIpc) is 2.81. The van der Waals surface area contributed by atoms with E-state index in [9.17, 15) is 0 Å². The van der Waals surface area contributed by atoms with Crippen molar-refractivity contribution in [3.05, 3.63) is 65.7 Å². The van der Waals surface area contributed by atoms with Gasteiger partial charge < -0.3 is 5.11 Å². The molecule has 0 saturated heterocycles. The number of benzene rings is 2. The van der Waals surface area contributed by atoms with E-state index in [-0.39, 0.29) is 18.2 Å². The minimum atomic E-state index is 0.110. The molecule has 0 unspecified atom stereocenters. The molecule has 3 heteroatoms. The zero-order chi connectivity index (χ0) is 16.8. The SMILES string of the molecule is CC[C@]1(CCCCO)CSc2ccccc2[C@@H](c2ccccc2)N1. The van der Waals surface area contributed by atoms with Gasteiger partial charge in [0.25, 0.3) is 0 Å². The number of rotatable bonds is 6. The van der Waals surface area contributed by atoms with Crippen LogP contribution in [0.4, 0.5) is 0 Å². The predicted molar refractivity (Wildman–Crippen MR) is 103 cm³/mol. The molecule has 0 aromatic heterocycles. The van der Waals surface area contributed by atoms with Gasteiger partial charge in [0.05, 0.1) is 6.04 Å². The summed E-state index contributed by atoms with van der Waals surface area (Å²) in [5.41, 5.74) is 2.82. The fourth-order valence-electron chi connectivity index (χ4n) is 3.50. The lowest BCUT2D eigenvalue weighted by molar-refractivity contribution is 0.256. The van der Waals surface area contributed by atoms with Gasteiger partial charge in [-0.1, -0.05) is 55.5 Å². The van der Waals surface area contributed by atoms with Crippen molar-refractivity contribution in [3.63, 3.8) is 0 Å². The summed E-state index contributed by atoms with van der Waals surface area (Å²) in [7, 11) is 0. The summed E-state index contributed by atoms with van der Waals surface area (Å²) in [5.74, 6) is 1.08. The summed E-state index contributed by atoms with van der Waals surface area (Å²) in [6, 6.07) is 19.8. The van der Waals surface area contributed by atoms with Gasteiger partial charge in [-0.3, -0.25) is 5.32 Å². The molecule has 2 N–H and O–H groups in total. The second-order valence-corrected chi connectivity index (χ2v) is 7.65. The minimum absolute atomic E-state index is 0.110. The van der Waals surface area contributed by atoms with E-state index in [1.807, 2.05) is 11.8 Å². The highest BCUT2D eigenvalue weighted by Gasteiger charge is 2.35. The molecule has 2 nitrogen and oxygen atoms in total. The highest BCUT2D eigenvalue weighted by atomic mass is 32.2. The van der Waals surface area contributed by atoms with Crippen LogP contribution in [-0.2, 0) is 0 Å². The number of fused-ring (bicyclic) bond motifs is 1. The maximum atomic E-state index is 9.15. The Kier molecular flexibility index (Phi) is 5.99. The molecule has 0 amide bonds. The van der Waals surface area contributed by atoms with E-state index >= 15 is 0 Å². The molecule has 0 radical (unpaired) electrons. The standard InChI is InChI=1S/C21H27NOS/c1-2-21(14-8-9-15-23)16-24-19-13-7-6-12-18(19)20(22-21)17-10-4-3-5-11-17/h3-7,10-13,20,22-23H,2,8-9,14-16H2,1H3/t20-,21+/m1/s1. The van der Waals surface area contributed by atoms with Crippen LogP contribution in [0.15, 0.2) is 59.5 Å². The van der Waals surface area contributed by atoms with Crippen LogP contribution in [0.1, 0.15) is 49.8 Å². The molecule has 0 aliphatic carbocycles. The van der Waals surface area contributed by atoms with Crippen molar-refractivity contribution in [2.75, 3.05) is 12.4 Å². The quantitative estimate of drug-likeness (QED) is 0.742. The van der Waals surface area contributed by atoms with Crippen molar-refractivity contribution < 1.29 is 5.11 Å². The van der Waals surface area contributed by atoms with Crippen molar-refractivity contribution in [2.24, 2.45) is 0 Å². The van der Waals surface area contributed by atoms with E-state index in [1.54, 1.807) is 0 Å². The van der Waals surface area contributed by atoms with Gasteiger partial charge in [-0.25, -0.2) is 0 Å². The Bertz CT molecular complexity index is 645. The maximum Gasteiger partial charge on any atom is 0.0592 e. The normalized spacial score (nSPS) is 23.5. The van der Waals surface area contributed by atoms with Gasteiger partial charge in [0.15, 0.2) is 0 Å². The first-order valence-corrected chi connectivity index (χ1v) is 9.92. The first-order valence-electron chi connectivity index (χ1n) is 8.93. The number of thioether (sulfide) groups is 1. The molecule has 1 aliphatic heterocycles. The number of nitrogens with one attached hydrogen (secondary N) is 1. The summed E-state index contributed by atoms with van der Waals surface area (Å²) >= 11 is 1.97. The number of hydrogen-bond acceptors (Lipinski definition) is 3. The van der Waals surface area contributed by atoms with Crippen molar-refractivity contribution in [2.45, 2.75) is 49.1 Å². The summed E-state index contributed by atoms with van der Waals surface area (Å²) in [5, 5.41) is 13.2. The minimum Gasteiger partial charge on any atom is -0.396 e. The number of aliphatic hydroxyl groups is 1. The zero-order valence-electron chi connectivity index (χ0n) is 14.4. The summed E-state index contributed by atoms with van der Waals surface area (Å²) in [6.07, 6.45) is 4.16. The molecule has 1 heterocycles. The molecule has 2 aromatic rings. The summed E-state index contributed by atoms with van der Waals surface area (Å²) in [6.45, 7) is 2.57. The van der Waals surface area contributed by atoms with Gasteiger partial charge in [0.2, 0.25) is 0 Å². The highest BCUT2D eigenvalue weighted by molar-refractivity contribution is 7.99. The van der Waals surface area contributed by atoms with Gasteiger partial charge in [-0.2, -0.15) is 0 Å². The van der Waals surface area contributed by atoms with Crippen molar-refractivity contribution in [3.8, 4) is 0 Å². The number of hydrogen-bond donors (Lipinski definition) is 2. The Hall–Kier alpha value is -1.29. The second kappa shape index (κ2) is 8.19. The Morgan fingerprint density at radius 2 is 1.83 bits per heavy atom. The van der Waals surface area contributed by atoms with Gasteiger partial charge in [0, 0.05) is 22.8 Å². The first-order chi connectivity index (χ1) is 11.8. The zero-order valence-corrected chi connectivity index (χ0v) is 15.2. The van der Waals surface area contributed by atoms with Crippen molar-refractivity contribution in [1.29, 1.82) is 0 Å². The molecule has 128 valence electrons. The van der Waals surface area contributed by atoms with Crippen LogP contribution in [-0.4, -0.2) is 23.0 Å². The Labute approximate surface area is 149 Å². The fraction of sp³-hybridized carbons (Fsp3) is 0.429. The largest absolute Gasteiger partial charge is 0.396 e. The molecule has 2 atom stereocenters.